The van der Waals surface area contributed by atoms with Crippen LogP contribution in [-0.4, -0.2) is 0 Å². The molecule has 0 saturated carbocycles. The minimum atomic E-state index is 0.878. The zero-order valence-electron chi connectivity index (χ0n) is 27.1. The molecule has 6 bridgehead atoms. The average molecular weight is 636 g/mol. The molecular weight excluding hydrogens is 607 g/mol. The van der Waals surface area contributed by atoms with Crippen molar-refractivity contribution >= 4 is 39.0 Å². The lowest BCUT2D eigenvalue weighted by atomic mass is 9.83. The summed E-state index contributed by atoms with van der Waals surface area (Å²) in [5.74, 6) is 0. The van der Waals surface area contributed by atoms with Crippen LogP contribution in [0.3, 0.4) is 0 Å². The van der Waals surface area contributed by atoms with Gasteiger partial charge in [0.15, 0.2) is 0 Å². The Bertz CT molecular complexity index is 2780. The summed E-state index contributed by atoms with van der Waals surface area (Å²) in [7, 11) is 0. The molecule has 0 aliphatic heterocycles. The molecule has 11 rings (SSSR count). The van der Waals surface area contributed by atoms with Crippen molar-refractivity contribution in [3.63, 3.8) is 0 Å². The van der Waals surface area contributed by atoms with Crippen molar-refractivity contribution in [2.24, 2.45) is 0 Å². The Balaban J connectivity index is 1.19. The Labute approximate surface area is 290 Å². The van der Waals surface area contributed by atoms with Crippen molar-refractivity contribution in [2.75, 3.05) is 4.90 Å². The van der Waals surface area contributed by atoms with E-state index in [0.29, 0.717) is 0 Å². The highest BCUT2D eigenvalue weighted by molar-refractivity contribution is 6.16. The summed E-state index contributed by atoms with van der Waals surface area (Å²) < 4.78 is 6.41. The van der Waals surface area contributed by atoms with Crippen molar-refractivity contribution in [3.8, 4) is 66.8 Å². The zero-order chi connectivity index (χ0) is 32.8. The molecule has 0 saturated heterocycles. The van der Waals surface area contributed by atoms with Crippen LogP contribution in [-0.2, 0) is 0 Å². The maximum absolute atomic E-state index is 6.41. The second-order valence-electron chi connectivity index (χ2n) is 13.2. The fraction of sp³-hybridized carbons (Fsp3) is 0. The van der Waals surface area contributed by atoms with Crippen LogP contribution in [0.2, 0.25) is 0 Å². The molecular formula is C48H29NO. The minimum Gasteiger partial charge on any atom is -0.456 e. The molecule has 0 unspecified atom stereocenters. The Kier molecular flexibility index (Phi) is 5.70. The molecule has 50 heavy (non-hydrogen) atoms. The summed E-state index contributed by atoms with van der Waals surface area (Å²) >= 11 is 0. The average Bonchev–Trinajstić information content (AvgIpc) is 3.52. The molecule has 8 aromatic carbocycles. The predicted octanol–water partition coefficient (Wildman–Crippen LogP) is 13.7. The highest BCUT2D eigenvalue weighted by Crippen LogP contribution is 2.58. The van der Waals surface area contributed by atoms with Gasteiger partial charge in [-0.05, 0) is 109 Å². The van der Waals surface area contributed by atoms with Crippen LogP contribution in [0, 0.1) is 0 Å². The van der Waals surface area contributed by atoms with E-state index in [9.17, 15) is 0 Å². The standard InChI is InChI=1S/C48H29NO/c1-2-11-30(12-3-1)31-23-25-32(26-24-31)49(43-20-10-22-45-48(43)41-15-6-7-21-44(41)50-45)33-27-28-35-38-17-9-18-39-40-19-8-16-37(47(40)42(35)29-33)34-13-4-5-14-36(34)46(38)39/h1-29H. The van der Waals surface area contributed by atoms with E-state index in [1.165, 1.54) is 66.8 Å². The number of hydrogen-bond acceptors (Lipinski definition) is 2. The molecule has 1 heterocycles. The Morgan fingerprint density at radius 3 is 1.66 bits per heavy atom. The maximum Gasteiger partial charge on any atom is 0.137 e. The second kappa shape index (κ2) is 10.4. The fourth-order valence-corrected chi connectivity index (χ4v) is 8.43. The number of fused-ring (bicyclic) bond motifs is 7. The smallest absolute Gasteiger partial charge is 0.137 e. The normalized spacial score (nSPS) is 12.0. The number of hydrogen-bond donors (Lipinski definition) is 0. The van der Waals surface area contributed by atoms with Crippen LogP contribution in [0.25, 0.3) is 88.7 Å². The number of anilines is 3. The van der Waals surface area contributed by atoms with E-state index in [0.717, 1.165) is 39.0 Å². The van der Waals surface area contributed by atoms with Crippen LogP contribution in [0.5, 0.6) is 0 Å². The lowest BCUT2D eigenvalue weighted by Gasteiger charge is -2.28. The van der Waals surface area contributed by atoms with Gasteiger partial charge in [-0.15, -0.1) is 0 Å². The zero-order valence-corrected chi connectivity index (χ0v) is 27.1. The van der Waals surface area contributed by atoms with Crippen LogP contribution < -0.4 is 4.90 Å². The van der Waals surface area contributed by atoms with E-state index in [1.54, 1.807) is 0 Å². The second-order valence-corrected chi connectivity index (χ2v) is 13.2. The van der Waals surface area contributed by atoms with Gasteiger partial charge in [0.05, 0.1) is 11.1 Å². The number of rotatable bonds is 4. The quantitative estimate of drug-likeness (QED) is 0.191. The van der Waals surface area contributed by atoms with Crippen molar-refractivity contribution in [3.05, 3.63) is 176 Å². The number of furan rings is 1. The van der Waals surface area contributed by atoms with Gasteiger partial charge in [-0.1, -0.05) is 133 Å². The van der Waals surface area contributed by atoms with Crippen LogP contribution in [0.1, 0.15) is 0 Å². The van der Waals surface area contributed by atoms with Gasteiger partial charge in [0.25, 0.3) is 0 Å². The number of benzene rings is 8. The van der Waals surface area contributed by atoms with Gasteiger partial charge in [0, 0.05) is 16.8 Å². The van der Waals surface area contributed by atoms with E-state index in [1.807, 2.05) is 6.07 Å². The van der Waals surface area contributed by atoms with Gasteiger partial charge in [0.1, 0.15) is 11.2 Å². The predicted molar refractivity (Wildman–Crippen MR) is 208 cm³/mol. The monoisotopic (exact) mass is 635 g/mol. The largest absolute Gasteiger partial charge is 0.456 e. The third kappa shape index (κ3) is 3.85. The van der Waals surface area contributed by atoms with Gasteiger partial charge in [-0.25, -0.2) is 0 Å². The topological polar surface area (TPSA) is 16.4 Å². The van der Waals surface area contributed by atoms with E-state index >= 15 is 0 Å². The Morgan fingerprint density at radius 1 is 0.340 bits per heavy atom. The molecule has 2 aliphatic carbocycles. The molecule has 0 amide bonds. The molecule has 1 aromatic heterocycles. The Hall–Kier alpha value is -6.64. The molecule has 0 N–H and O–H groups in total. The first-order valence-corrected chi connectivity index (χ1v) is 17.2. The molecule has 0 atom stereocenters. The third-order valence-corrected chi connectivity index (χ3v) is 10.6. The lowest BCUT2D eigenvalue weighted by molar-refractivity contribution is 0.669. The van der Waals surface area contributed by atoms with Crippen molar-refractivity contribution in [1.29, 1.82) is 0 Å². The summed E-state index contributed by atoms with van der Waals surface area (Å²) in [6, 6.07) is 63.9. The molecule has 0 spiro atoms. The summed E-state index contributed by atoms with van der Waals surface area (Å²) in [6.07, 6.45) is 0. The van der Waals surface area contributed by atoms with Crippen LogP contribution >= 0.6 is 0 Å². The van der Waals surface area contributed by atoms with Gasteiger partial charge in [-0.3, -0.25) is 0 Å². The van der Waals surface area contributed by atoms with Gasteiger partial charge >= 0.3 is 0 Å². The lowest BCUT2D eigenvalue weighted by Crippen LogP contribution is -2.11. The SMILES string of the molecule is c1ccc(-c2ccc(N(c3ccc4c(c3)-c3c5cccc3-c3cccc-4c3-c3ccccc3-5)c3cccc4oc5ccccc5c34)cc2)cc1. The summed E-state index contributed by atoms with van der Waals surface area (Å²) in [5.41, 5.74) is 20.3. The Morgan fingerprint density at radius 2 is 0.880 bits per heavy atom. The van der Waals surface area contributed by atoms with Crippen LogP contribution in [0.4, 0.5) is 17.1 Å². The van der Waals surface area contributed by atoms with Gasteiger partial charge < -0.3 is 9.32 Å². The highest BCUT2D eigenvalue weighted by atomic mass is 16.3. The molecule has 2 aliphatic rings. The minimum absolute atomic E-state index is 0.878. The van der Waals surface area contributed by atoms with Gasteiger partial charge in [-0.2, -0.15) is 0 Å². The first kappa shape index (κ1) is 27.3. The first-order valence-electron chi connectivity index (χ1n) is 17.2. The third-order valence-electron chi connectivity index (χ3n) is 10.6. The van der Waals surface area contributed by atoms with Crippen molar-refractivity contribution in [2.45, 2.75) is 0 Å². The molecule has 232 valence electrons. The fourth-order valence-electron chi connectivity index (χ4n) is 8.43. The maximum atomic E-state index is 6.41. The van der Waals surface area contributed by atoms with E-state index in [-0.39, 0.29) is 0 Å². The highest BCUT2D eigenvalue weighted by Gasteiger charge is 2.31. The van der Waals surface area contributed by atoms with Crippen molar-refractivity contribution in [1.82, 2.24) is 0 Å². The van der Waals surface area contributed by atoms with Crippen molar-refractivity contribution < 1.29 is 4.42 Å². The molecule has 0 radical (unpaired) electrons. The van der Waals surface area contributed by atoms with Crippen LogP contribution in [0.15, 0.2) is 180 Å². The number of nitrogens with zero attached hydrogens (tertiary/aromatic N) is 1. The van der Waals surface area contributed by atoms with E-state index < -0.39 is 0 Å². The molecule has 0 fully saturated rings. The van der Waals surface area contributed by atoms with E-state index in [2.05, 4.69) is 175 Å². The van der Waals surface area contributed by atoms with E-state index in [4.69, 9.17) is 4.42 Å². The number of para-hydroxylation sites is 1. The summed E-state index contributed by atoms with van der Waals surface area (Å²) in [4.78, 5) is 2.41. The molecule has 9 aromatic rings. The summed E-state index contributed by atoms with van der Waals surface area (Å²) in [6.45, 7) is 0. The molecule has 2 nitrogen and oxygen atoms in total. The first-order chi connectivity index (χ1) is 24.8. The van der Waals surface area contributed by atoms with Gasteiger partial charge in [0.2, 0.25) is 0 Å². The molecule has 2 heteroatoms. The summed E-state index contributed by atoms with van der Waals surface area (Å²) in [5, 5.41) is 2.22.